The Morgan fingerprint density at radius 3 is 0.355 bits per heavy atom. The van der Waals surface area contributed by atoms with Crippen LogP contribution in [0.25, 0.3) is 0 Å². The van der Waals surface area contributed by atoms with Crippen LogP contribution in [0.1, 0.15) is 0 Å². The van der Waals surface area contributed by atoms with Gasteiger partial charge in [0.2, 0.25) is 0 Å². The van der Waals surface area contributed by atoms with Crippen molar-refractivity contribution in [3.63, 3.8) is 0 Å². The Balaban J connectivity index is -0.0000000524. The van der Waals surface area contributed by atoms with Gasteiger partial charge in [-0.1, -0.05) is 0 Å². The van der Waals surface area contributed by atoms with Crippen molar-refractivity contribution in [3.05, 3.63) is 0 Å². The quantitative estimate of drug-likeness (QED) is 0.223. The van der Waals surface area contributed by atoms with Crippen LogP contribution in [0.3, 0.4) is 0 Å². The molecule has 0 aromatic carbocycles. The van der Waals surface area contributed by atoms with E-state index in [4.69, 9.17) is 0 Å². The third kappa shape index (κ3) is 72.3. The summed E-state index contributed by atoms with van der Waals surface area (Å²) in [5, 5.41) is 0. The molecule has 0 aliphatic rings. The van der Waals surface area contributed by atoms with Gasteiger partial charge in [-0.3, -0.25) is 0 Å². The van der Waals surface area contributed by atoms with Gasteiger partial charge in [0.15, 0.2) is 0 Å². The van der Waals surface area contributed by atoms with Gasteiger partial charge in [-0.05, 0) is 0 Å². The molecule has 0 heterocycles. The van der Waals surface area contributed by atoms with Crippen molar-refractivity contribution < 1.29 is 259 Å². The Hall–Kier alpha value is 6.08. The van der Waals surface area contributed by atoms with Crippen LogP contribution >= 0.6 is 46.9 Å². The fourth-order valence-corrected chi connectivity index (χ4v) is 3.31. The minimum Gasteiger partial charge on any atom is -0.790 e. The minimum atomic E-state index is -5.68. The van der Waals surface area contributed by atoms with Crippen molar-refractivity contribution in [2.24, 2.45) is 0 Å². The maximum atomic E-state index is 9.32. The largest absolute Gasteiger partial charge is 3.00 e. The third-order valence-electron chi connectivity index (χ3n) is 0.600. The number of hydrogen-bond donors (Lipinski definition) is 0. The molecule has 0 saturated carbocycles. The minimum absolute atomic E-state index is 0. The van der Waals surface area contributed by atoms with Gasteiger partial charge in [-0.2, -0.15) is 0 Å². The molecule has 4 radical (unpaired) electrons. The van der Waals surface area contributed by atoms with Crippen LogP contribution in [0.4, 0.5) is 0 Å². The Bertz CT molecular complexity index is 559. The number of hydrogen-bond acceptors (Lipinski definition) is 21. The first-order valence-corrected chi connectivity index (χ1v) is 13.1. The molecular formula is Gd4O21P6. The zero-order chi connectivity index (χ0) is 23.1. The second kappa shape index (κ2) is 21.8. The van der Waals surface area contributed by atoms with Gasteiger partial charge in [-0.15, -0.1) is 0 Å². The molecule has 21 nitrogen and oxygen atoms in total. The van der Waals surface area contributed by atoms with Crippen LogP contribution in [0.15, 0.2) is 0 Å². The average Bonchev–Trinajstić information content (AvgIpc) is 1.96. The predicted molar refractivity (Wildman–Crippen MR) is 48.9 cm³/mol. The molecule has 0 bridgehead atoms. The first kappa shape index (κ1) is 53.3. The van der Waals surface area contributed by atoms with Crippen LogP contribution < -0.4 is 58.7 Å². The molecule has 31 heteroatoms. The summed E-state index contributed by atoms with van der Waals surface area (Å²) in [6.45, 7) is 0. The van der Waals surface area contributed by atoms with Crippen molar-refractivity contribution in [2.75, 3.05) is 0 Å². The molecular weight excluding hydrogens is 1150 g/mol. The third-order valence-corrected chi connectivity index (χ3v) is 5.40. The first-order valence-electron chi connectivity index (χ1n) is 4.38. The van der Waals surface area contributed by atoms with Gasteiger partial charge in [-0.25, -0.2) is 0 Å². The van der Waals surface area contributed by atoms with Crippen molar-refractivity contribution in [1.82, 2.24) is 0 Å². The molecule has 0 aliphatic carbocycles. The fraction of sp³-hybridized carbons (Fsp3) is 0. The van der Waals surface area contributed by atoms with Crippen LogP contribution in [0.5, 0.6) is 0 Å². The monoisotopic (exact) mass is 1150 g/mol. The first-order chi connectivity index (χ1) is 11.1. The molecule has 0 atom stereocenters. The van der Waals surface area contributed by atoms with Gasteiger partial charge < -0.3 is 99.0 Å². The molecule has 0 spiro atoms. The van der Waals surface area contributed by atoms with Crippen molar-refractivity contribution in [1.29, 1.82) is 0 Å². The Morgan fingerprint density at radius 2 is 0.355 bits per heavy atom. The molecule has 0 saturated heterocycles. The van der Waals surface area contributed by atoms with Gasteiger partial charge in [0.1, 0.15) is 0 Å². The summed E-state index contributed by atoms with van der Waals surface area (Å²) in [5.74, 6) is 0. The Labute approximate surface area is 299 Å². The molecule has 0 aromatic rings. The molecule has 0 aromatic heterocycles. The summed E-state index contributed by atoms with van der Waals surface area (Å²) in [6, 6.07) is 0. The second-order valence-corrected chi connectivity index (χ2v) is 10.3. The van der Waals surface area contributed by atoms with Crippen molar-refractivity contribution in [2.45, 2.75) is 0 Å². The van der Waals surface area contributed by atoms with E-state index in [0.29, 0.717) is 0 Å². The fourth-order valence-electron chi connectivity index (χ4n) is 0.367. The molecule has 0 aliphatic heterocycles. The summed E-state index contributed by atoms with van der Waals surface area (Å²) >= 11 is 0. The SMILES string of the molecule is O=P([O-])([O-])OP(=O)([O-])[O-].O=P([O-])([O-])OP(=O)([O-])[O-].O=P([O-])([O-])OP(=O)([O-])[O-].[Gd+3].[Gd+3].[Gd+3].[Gd+3]. The summed E-state index contributed by atoms with van der Waals surface area (Å²) in [6.07, 6.45) is 0. The maximum absolute atomic E-state index is 9.32. The van der Waals surface area contributed by atoms with E-state index in [2.05, 4.69) is 12.9 Å². The van der Waals surface area contributed by atoms with E-state index in [-0.39, 0.29) is 160 Å². The van der Waals surface area contributed by atoms with Crippen molar-refractivity contribution >= 4 is 46.9 Å². The van der Waals surface area contributed by atoms with Crippen LogP contribution in [0.2, 0.25) is 0 Å². The normalized spacial score (nSPS) is 12.0. The van der Waals surface area contributed by atoms with Crippen LogP contribution in [-0.2, 0) is 40.3 Å². The van der Waals surface area contributed by atoms with E-state index in [1.54, 1.807) is 0 Å². The zero-order valence-electron chi connectivity index (χ0n) is 12.7. The summed E-state index contributed by atoms with van der Waals surface area (Å²) in [7, 11) is -34.1. The average molecular weight is 1150 g/mol. The second-order valence-electron chi connectivity index (χ2n) is 2.93. The molecule has 0 N–H and O–H groups in total. The summed E-state index contributed by atoms with van der Waals surface area (Å²) in [5.41, 5.74) is 0. The van der Waals surface area contributed by atoms with Gasteiger partial charge >= 0.3 is 160 Å². The van der Waals surface area contributed by atoms with E-state index in [1.165, 1.54) is 0 Å². The summed E-state index contributed by atoms with van der Waals surface area (Å²) in [4.78, 5) is 112. The van der Waals surface area contributed by atoms with E-state index in [1.807, 2.05) is 0 Å². The molecule has 0 rings (SSSR count). The van der Waals surface area contributed by atoms with Crippen molar-refractivity contribution in [3.8, 4) is 0 Å². The smallest absolute Gasteiger partial charge is 0.790 e. The number of rotatable bonds is 6. The standard InChI is InChI=1S/4Gd.3H4O7P2/c;;;;3*1-8(2,3)7-9(4,5)6/h;;;;3*(H2,1,2,3)(H2,4,5,6)/q4*+3;;;/p-12. The Morgan fingerprint density at radius 1 is 0.290 bits per heavy atom. The molecule has 31 heavy (non-hydrogen) atoms. The Kier molecular flexibility index (Phi) is 37.6. The topological polar surface area (TPSA) is 407 Å². The van der Waals surface area contributed by atoms with Gasteiger partial charge in [0.25, 0.3) is 0 Å². The molecule has 188 valence electrons. The van der Waals surface area contributed by atoms with Crippen LogP contribution in [-0.4, -0.2) is 0 Å². The van der Waals surface area contributed by atoms with E-state index < -0.39 is 46.9 Å². The summed E-state index contributed by atoms with van der Waals surface area (Å²) < 4.78 is 63.5. The van der Waals surface area contributed by atoms with E-state index in [9.17, 15) is 86.1 Å². The van der Waals surface area contributed by atoms with E-state index in [0.717, 1.165) is 0 Å². The maximum Gasteiger partial charge on any atom is 3.00 e. The molecule has 0 fully saturated rings. The zero-order valence-corrected chi connectivity index (χ0v) is 27.1. The number of phosphoric acid groups is 6. The van der Waals surface area contributed by atoms with Gasteiger partial charge in [0, 0.05) is 0 Å². The van der Waals surface area contributed by atoms with E-state index >= 15 is 0 Å². The molecule has 0 amide bonds. The van der Waals surface area contributed by atoms with Crippen LogP contribution in [0, 0.1) is 160 Å². The predicted octanol–water partition coefficient (Wildman–Crippen LogP) is -10.0. The molecule has 0 unspecified atom stereocenters. The van der Waals surface area contributed by atoms with Gasteiger partial charge in [0.05, 0.1) is 46.9 Å².